The third-order valence-electron chi connectivity index (χ3n) is 1.98. The van der Waals surface area contributed by atoms with E-state index in [0.717, 1.165) is 0 Å². The molecule has 19 heavy (non-hydrogen) atoms. The number of hydrogen-bond acceptors (Lipinski definition) is 3. The van der Waals surface area contributed by atoms with E-state index in [1.165, 1.54) is 0 Å². The van der Waals surface area contributed by atoms with Gasteiger partial charge in [0.2, 0.25) is 0 Å². The van der Waals surface area contributed by atoms with E-state index in [1.54, 1.807) is 0 Å². The minimum atomic E-state index is -5.07. The molecule has 0 spiro atoms. The van der Waals surface area contributed by atoms with Crippen molar-refractivity contribution in [3.8, 4) is 0 Å². The van der Waals surface area contributed by atoms with Gasteiger partial charge in [-0.05, 0) is 12.1 Å². The van der Waals surface area contributed by atoms with Crippen LogP contribution < -0.4 is 15.9 Å². The van der Waals surface area contributed by atoms with Gasteiger partial charge in [-0.2, -0.15) is 0 Å². The van der Waals surface area contributed by atoms with Crippen LogP contribution in [0, 0.1) is 0 Å². The van der Waals surface area contributed by atoms with E-state index in [1.807, 2.05) is 0 Å². The number of halogens is 1. The molecule has 0 aliphatic rings. The third kappa shape index (κ3) is 3.97. The van der Waals surface area contributed by atoms with Crippen molar-refractivity contribution in [1.29, 1.82) is 0 Å². The summed E-state index contributed by atoms with van der Waals surface area (Å²) in [5.74, 6) is 0. The molecule has 108 valence electrons. The van der Waals surface area contributed by atoms with Crippen LogP contribution >= 0.6 is 34.4 Å². The van der Waals surface area contributed by atoms with E-state index in [0.29, 0.717) is 12.1 Å². The molecule has 1 rings (SSSR count). The van der Waals surface area contributed by atoms with Crippen LogP contribution in [-0.4, -0.2) is 29.4 Å². The average molecular weight is 352 g/mol. The Bertz CT molecular complexity index is 609. The minimum Gasteiger partial charge on any atom is -0.321 e. The molecule has 0 heterocycles. The van der Waals surface area contributed by atoms with Crippen molar-refractivity contribution in [2.45, 2.75) is 0 Å². The first-order valence-electron chi connectivity index (χ1n) is 4.26. The molecule has 9 nitrogen and oxygen atoms in total. The van der Waals surface area contributed by atoms with Crippen LogP contribution in [0.25, 0.3) is 0 Å². The standard InChI is InChI=1S/C6H8ClO9P3/c7-6-4(18(11,12)13)1-3(17(8,9)10)2-5(6)19(14,15)16/h1-2H,(H2,8,9,10)(H2,11,12,13)(H2,14,15,16). The molecule has 0 saturated heterocycles. The van der Waals surface area contributed by atoms with Crippen LogP contribution in [0.3, 0.4) is 0 Å². The number of benzene rings is 1. The Balaban J connectivity index is 3.83. The molecule has 0 bridgehead atoms. The summed E-state index contributed by atoms with van der Waals surface area (Å²) in [4.78, 5) is 53.7. The van der Waals surface area contributed by atoms with Crippen molar-refractivity contribution in [2.24, 2.45) is 0 Å². The van der Waals surface area contributed by atoms with Crippen molar-refractivity contribution >= 4 is 50.3 Å². The normalized spacial score (nSPS) is 13.6. The maximum Gasteiger partial charge on any atom is 0.357 e. The molecule has 0 aliphatic carbocycles. The summed E-state index contributed by atoms with van der Waals surface area (Å²) in [5.41, 5.74) is 0. The second-order valence-electron chi connectivity index (χ2n) is 3.43. The predicted octanol–water partition coefficient (Wildman–Crippen LogP) is -1.25. The Morgan fingerprint density at radius 2 is 1.05 bits per heavy atom. The Hall–Kier alpha value is -0.0400. The highest BCUT2D eigenvalue weighted by Crippen LogP contribution is 2.43. The van der Waals surface area contributed by atoms with Crippen LogP contribution in [0.5, 0.6) is 0 Å². The van der Waals surface area contributed by atoms with Gasteiger partial charge < -0.3 is 29.4 Å². The minimum absolute atomic E-state index is 0.420. The van der Waals surface area contributed by atoms with Crippen LogP contribution in [0.4, 0.5) is 0 Å². The molecule has 1 aromatic rings. The molecular formula is C6H8ClO9P3. The molecule has 0 saturated carbocycles. The zero-order chi connectivity index (χ0) is 15.2. The zero-order valence-corrected chi connectivity index (χ0v) is 12.2. The summed E-state index contributed by atoms with van der Waals surface area (Å²) in [6, 6.07) is 0.839. The Morgan fingerprint density at radius 1 is 0.737 bits per heavy atom. The van der Waals surface area contributed by atoms with Gasteiger partial charge in [0.05, 0.1) is 20.9 Å². The van der Waals surface area contributed by atoms with Crippen molar-refractivity contribution in [1.82, 2.24) is 0 Å². The fraction of sp³-hybridized carbons (Fsp3) is 0. The molecular weight excluding hydrogens is 344 g/mol. The van der Waals surface area contributed by atoms with Gasteiger partial charge in [0.25, 0.3) is 0 Å². The lowest BCUT2D eigenvalue weighted by atomic mass is 10.3. The van der Waals surface area contributed by atoms with E-state index < -0.39 is 43.7 Å². The Labute approximate surface area is 111 Å². The molecule has 0 amide bonds. The van der Waals surface area contributed by atoms with Gasteiger partial charge in [-0.1, -0.05) is 11.6 Å². The van der Waals surface area contributed by atoms with Gasteiger partial charge in [-0.3, -0.25) is 13.7 Å². The predicted molar refractivity (Wildman–Crippen MR) is 66.5 cm³/mol. The van der Waals surface area contributed by atoms with Crippen LogP contribution in [0.2, 0.25) is 5.02 Å². The summed E-state index contributed by atoms with van der Waals surface area (Å²) < 4.78 is 33.3. The lowest BCUT2D eigenvalue weighted by molar-refractivity contribution is 0.386. The van der Waals surface area contributed by atoms with Crippen LogP contribution in [0.15, 0.2) is 12.1 Å². The maximum absolute atomic E-state index is 11.1. The van der Waals surface area contributed by atoms with E-state index in [2.05, 4.69) is 0 Å². The Morgan fingerprint density at radius 3 is 1.26 bits per heavy atom. The first-order valence-corrected chi connectivity index (χ1v) is 9.48. The zero-order valence-electron chi connectivity index (χ0n) is 8.78. The summed E-state index contributed by atoms with van der Waals surface area (Å²) in [7, 11) is -15.1. The number of hydrogen-bond donors (Lipinski definition) is 6. The van der Waals surface area contributed by atoms with Gasteiger partial charge in [-0.25, -0.2) is 0 Å². The van der Waals surface area contributed by atoms with Gasteiger partial charge in [0.1, 0.15) is 0 Å². The first kappa shape index (κ1) is 17.0. The molecule has 0 aromatic heterocycles. The fourth-order valence-corrected chi connectivity index (χ4v) is 4.19. The van der Waals surface area contributed by atoms with Gasteiger partial charge in [-0.15, -0.1) is 0 Å². The molecule has 0 unspecified atom stereocenters. The summed E-state index contributed by atoms with van der Waals surface area (Å²) in [5, 5.41) is -4.01. The van der Waals surface area contributed by atoms with Crippen molar-refractivity contribution in [3.05, 3.63) is 17.2 Å². The summed E-state index contributed by atoms with van der Waals surface area (Å²) in [6.45, 7) is 0. The van der Waals surface area contributed by atoms with Crippen molar-refractivity contribution in [2.75, 3.05) is 0 Å². The monoisotopic (exact) mass is 352 g/mol. The lowest BCUT2D eigenvalue weighted by Gasteiger charge is -2.15. The van der Waals surface area contributed by atoms with Crippen molar-refractivity contribution < 1.29 is 43.1 Å². The Kier molecular flexibility index (Phi) is 4.53. The van der Waals surface area contributed by atoms with Gasteiger partial charge in [0.15, 0.2) is 0 Å². The third-order valence-corrected chi connectivity index (χ3v) is 5.55. The highest BCUT2D eigenvalue weighted by molar-refractivity contribution is 7.64. The molecule has 0 atom stereocenters. The fourth-order valence-electron chi connectivity index (χ4n) is 1.17. The second-order valence-corrected chi connectivity index (χ2v) is 8.55. The van der Waals surface area contributed by atoms with Crippen LogP contribution in [0.1, 0.15) is 0 Å². The van der Waals surface area contributed by atoms with E-state index in [4.69, 9.17) is 41.0 Å². The SMILES string of the molecule is O=P(O)(O)c1cc(P(=O)(O)O)c(Cl)c(P(=O)(O)O)c1. The van der Waals surface area contributed by atoms with Gasteiger partial charge in [0, 0.05) is 0 Å². The molecule has 6 N–H and O–H groups in total. The maximum atomic E-state index is 11.1. The highest BCUT2D eigenvalue weighted by atomic mass is 35.5. The second kappa shape index (κ2) is 5.06. The van der Waals surface area contributed by atoms with Gasteiger partial charge >= 0.3 is 22.8 Å². The smallest absolute Gasteiger partial charge is 0.321 e. The molecule has 0 fully saturated rings. The quantitative estimate of drug-likeness (QED) is 0.363. The molecule has 13 heteroatoms. The largest absolute Gasteiger partial charge is 0.357 e. The molecule has 1 aromatic carbocycles. The topological polar surface area (TPSA) is 173 Å². The summed E-state index contributed by atoms with van der Waals surface area (Å²) >= 11 is 5.46. The van der Waals surface area contributed by atoms with E-state index in [9.17, 15) is 13.7 Å². The van der Waals surface area contributed by atoms with Crippen molar-refractivity contribution in [3.63, 3.8) is 0 Å². The lowest BCUT2D eigenvalue weighted by Crippen LogP contribution is -2.24. The first-order chi connectivity index (χ1) is 8.24. The summed E-state index contributed by atoms with van der Waals surface area (Å²) in [6.07, 6.45) is 0. The van der Waals surface area contributed by atoms with Crippen LogP contribution in [-0.2, 0) is 13.7 Å². The van der Waals surface area contributed by atoms with E-state index >= 15 is 0 Å². The highest BCUT2D eigenvalue weighted by Gasteiger charge is 2.33. The van der Waals surface area contributed by atoms with E-state index in [-0.39, 0.29) is 0 Å². The molecule has 0 aliphatic heterocycles. The number of rotatable bonds is 3. The molecule has 0 radical (unpaired) electrons. The average Bonchev–Trinajstić information content (AvgIpc) is 2.11.